The monoisotopic (exact) mass is 925 g/mol. The molecule has 1 aliphatic heterocycles. The van der Waals surface area contributed by atoms with Gasteiger partial charge < -0.3 is 42.5 Å². The second-order valence-corrected chi connectivity index (χ2v) is 27.4. The Morgan fingerprint density at radius 2 is 1.12 bits per heavy atom. The maximum Gasteiger partial charge on any atom is 0.339 e. The molecule has 5 rings (SSSR count). The number of hydrogen-bond donors (Lipinski definition) is 0. The maximum atomic E-state index is 13.9. The van der Waals surface area contributed by atoms with Crippen molar-refractivity contribution in [1.82, 2.24) is 0 Å². The highest BCUT2D eigenvalue weighted by molar-refractivity contribution is 6.84. The number of anilines is 3. The van der Waals surface area contributed by atoms with Gasteiger partial charge in [-0.3, -0.25) is 9.59 Å². The molecule has 0 fully saturated rings. The van der Waals surface area contributed by atoms with Gasteiger partial charge in [0.15, 0.2) is 22.2 Å². The van der Waals surface area contributed by atoms with Crippen LogP contribution in [0.5, 0.6) is 5.75 Å². The Labute approximate surface area is 389 Å². The van der Waals surface area contributed by atoms with Gasteiger partial charge in [0.05, 0.1) is 25.0 Å². The van der Waals surface area contributed by atoms with E-state index in [1.165, 1.54) is 18.9 Å². The van der Waals surface area contributed by atoms with E-state index in [1.807, 2.05) is 77.5 Å². The molecule has 352 valence electrons. The Morgan fingerprint density at radius 1 is 0.615 bits per heavy atom. The fraction of sp³-hybridized carbons (Fsp3) is 0.471. The van der Waals surface area contributed by atoms with Gasteiger partial charge in [-0.05, 0) is 105 Å². The molecule has 4 aromatic carbocycles. The fourth-order valence-electron chi connectivity index (χ4n) is 8.06. The third-order valence-corrected chi connectivity index (χ3v) is 19.1. The van der Waals surface area contributed by atoms with Crippen LogP contribution in [0.4, 0.5) is 17.1 Å². The number of nitrogens with zero attached hydrogens (tertiary/aromatic N) is 3. The van der Waals surface area contributed by atoms with E-state index in [4.69, 9.17) is 27.8 Å². The first-order chi connectivity index (χ1) is 30.8. The zero-order chi connectivity index (χ0) is 47.4. The minimum atomic E-state index is -1.76. The Bertz CT molecular complexity index is 2210. The van der Waals surface area contributed by atoms with E-state index in [0.29, 0.717) is 23.5 Å². The second-order valence-electron chi connectivity index (χ2n) is 18.5. The quantitative estimate of drug-likeness (QED) is 0.0288. The molecular formula is C51H71N3O9Si2. The van der Waals surface area contributed by atoms with Crippen molar-refractivity contribution in [2.24, 2.45) is 0 Å². The average molecular weight is 926 g/mol. The lowest BCUT2D eigenvalue weighted by Crippen LogP contribution is -2.44. The van der Waals surface area contributed by atoms with E-state index in [-0.39, 0.29) is 39.3 Å². The summed E-state index contributed by atoms with van der Waals surface area (Å²) < 4.78 is 35.9. The zero-order valence-corrected chi connectivity index (χ0v) is 42.6. The topological polar surface area (TPSA) is 116 Å². The van der Waals surface area contributed by atoms with E-state index >= 15 is 0 Å². The van der Waals surface area contributed by atoms with Crippen molar-refractivity contribution >= 4 is 68.5 Å². The number of benzene rings is 4. The van der Waals surface area contributed by atoms with Crippen LogP contribution in [0.1, 0.15) is 66.1 Å². The first kappa shape index (κ1) is 50.8. The maximum absolute atomic E-state index is 13.9. The summed E-state index contributed by atoms with van der Waals surface area (Å²) in [7, 11) is 8.59. The van der Waals surface area contributed by atoms with E-state index < -0.39 is 40.1 Å². The highest BCUT2D eigenvalue weighted by Gasteiger charge is 2.39. The molecule has 0 radical (unpaired) electrons. The minimum Gasteiger partial charge on any atom is -0.472 e. The smallest absolute Gasteiger partial charge is 0.339 e. The van der Waals surface area contributed by atoms with E-state index in [1.54, 1.807) is 0 Å². The van der Waals surface area contributed by atoms with Gasteiger partial charge in [0.1, 0.15) is 25.6 Å². The Hall–Kier alpha value is -5.16. The van der Waals surface area contributed by atoms with Crippen LogP contribution in [-0.4, -0.2) is 110 Å². The molecule has 0 unspecified atom stereocenters. The van der Waals surface area contributed by atoms with E-state index in [0.717, 1.165) is 51.4 Å². The van der Waals surface area contributed by atoms with Gasteiger partial charge in [-0.15, -0.1) is 0 Å². The number of hydrogen-bond acceptors (Lipinski definition) is 12. The molecule has 0 bridgehead atoms. The normalized spacial score (nSPS) is 13.2. The van der Waals surface area contributed by atoms with Crippen LogP contribution < -0.4 is 19.4 Å². The third kappa shape index (κ3) is 13.9. The van der Waals surface area contributed by atoms with Gasteiger partial charge >= 0.3 is 17.9 Å². The molecule has 0 saturated carbocycles. The van der Waals surface area contributed by atoms with E-state index in [9.17, 15) is 14.4 Å². The summed E-state index contributed by atoms with van der Waals surface area (Å²) in [5.41, 5.74) is 4.82. The average Bonchev–Trinajstić information content (AvgIpc) is 3.27. The summed E-state index contributed by atoms with van der Waals surface area (Å²) in [6, 6.07) is 26.7. The molecule has 0 spiro atoms. The number of rotatable bonds is 24. The lowest BCUT2D eigenvalue weighted by atomic mass is 9.82. The van der Waals surface area contributed by atoms with Crippen molar-refractivity contribution < 1.29 is 42.2 Å². The molecule has 0 saturated heterocycles. The second kappa shape index (κ2) is 22.8. The van der Waals surface area contributed by atoms with Crippen molar-refractivity contribution in [3.8, 4) is 5.75 Å². The van der Waals surface area contributed by atoms with Crippen LogP contribution >= 0.6 is 0 Å². The summed E-state index contributed by atoms with van der Waals surface area (Å²) in [6.45, 7) is 12.0. The van der Waals surface area contributed by atoms with Crippen molar-refractivity contribution in [3.05, 3.63) is 101 Å². The highest BCUT2D eigenvalue weighted by atomic mass is 28.4. The van der Waals surface area contributed by atoms with Crippen LogP contribution in [0.25, 0.3) is 16.8 Å². The first-order valence-corrected chi connectivity index (χ1v) is 29.1. The largest absolute Gasteiger partial charge is 0.472 e. The fourth-order valence-corrected chi connectivity index (χ4v) is 17.1. The van der Waals surface area contributed by atoms with Crippen molar-refractivity contribution in [2.75, 3.05) is 90.0 Å². The van der Waals surface area contributed by atoms with Gasteiger partial charge in [-0.2, -0.15) is 0 Å². The van der Waals surface area contributed by atoms with Crippen LogP contribution in [0.3, 0.4) is 0 Å². The predicted octanol–water partition coefficient (Wildman–Crippen LogP) is 10.0. The number of carbonyl (C=O) groups excluding carboxylic acids is 3. The molecule has 0 aliphatic carbocycles. The Balaban J connectivity index is 1.17. The molecule has 4 aromatic rings. The number of unbranched alkanes of at least 4 members (excludes halogenated alkanes) is 1. The lowest BCUT2D eigenvalue weighted by molar-refractivity contribution is -0.151. The summed E-state index contributed by atoms with van der Waals surface area (Å²) >= 11 is 0. The van der Waals surface area contributed by atoms with Gasteiger partial charge in [0.25, 0.3) is 0 Å². The highest BCUT2D eigenvalue weighted by Crippen LogP contribution is 2.47. The molecule has 1 aliphatic rings. The molecular weight excluding hydrogens is 855 g/mol. The number of fused-ring (bicyclic) bond motifs is 3. The number of ether oxygens (including phenoxy) is 5. The Morgan fingerprint density at radius 3 is 1.66 bits per heavy atom. The molecule has 1 heterocycles. The van der Waals surface area contributed by atoms with Crippen LogP contribution in [0, 0.1) is 0 Å². The summed E-state index contributed by atoms with van der Waals surface area (Å²) in [5.74, 6) is -1.13. The van der Waals surface area contributed by atoms with Crippen molar-refractivity contribution in [3.63, 3.8) is 0 Å². The van der Waals surface area contributed by atoms with E-state index in [2.05, 4.69) is 97.5 Å². The predicted molar refractivity (Wildman–Crippen MR) is 268 cm³/mol. The molecule has 0 aromatic heterocycles. The first-order valence-electron chi connectivity index (χ1n) is 22.8. The van der Waals surface area contributed by atoms with Gasteiger partial charge in [0, 0.05) is 88.0 Å². The number of esters is 3. The summed E-state index contributed by atoms with van der Waals surface area (Å²) in [4.78, 5) is 44.8. The van der Waals surface area contributed by atoms with Crippen LogP contribution in [-0.2, 0) is 38.3 Å². The van der Waals surface area contributed by atoms with Crippen LogP contribution in [0.15, 0.2) is 78.9 Å². The standard InChI is InChI=1S/C51H71N3O9Si2/c1-12-13-34-64(8,9)63-65(10,11)35-14-29-58-30-31-59-47(55)25-26-48(56)60-32-33-61-50(57)46-36-38-15-20-43(54(6)7)37-45(38)49-44(46)27-28-51(62-49,39-16-21-41(22-17-39)52(2)3)40-18-23-42(24-19-40)53(4)5/h15-24,27-28,36-37H,12-14,25-26,29-35H2,1-11H3. The summed E-state index contributed by atoms with van der Waals surface area (Å²) in [6.07, 6.45) is 6.98. The molecule has 0 atom stereocenters. The molecule has 12 nitrogen and oxygen atoms in total. The minimum absolute atomic E-state index is 0.113. The molecule has 65 heavy (non-hydrogen) atoms. The van der Waals surface area contributed by atoms with Crippen molar-refractivity contribution in [2.45, 2.75) is 82.9 Å². The van der Waals surface area contributed by atoms with Crippen molar-refractivity contribution in [1.29, 1.82) is 0 Å². The number of carbonyl (C=O) groups is 3. The summed E-state index contributed by atoms with van der Waals surface area (Å²) in [5, 5.41) is 1.65. The zero-order valence-electron chi connectivity index (χ0n) is 40.6. The third-order valence-electron chi connectivity index (χ3n) is 11.6. The van der Waals surface area contributed by atoms with Crippen LogP contribution in [0.2, 0.25) is 38.3 Å². The lowest BCUT2D eigenvalue weighted by Gasteiger charge is -2.37. The van der Waals surface area contributed by atoms with Gasteiger partial charge in [0.2, 0.25) is 0 Å². The molecule has 0 N–H and O–H groups in total. The Kier molecular flexibility index (Phi) is 17.9. The molecule has 14 heteroatoms. The van der Waals surface area contributed by atoms with Gasteiger partial charge in [-0.25, -0.2) is 4.79 Å². The molecule has 0 amide bonds. The van der Waals surface area contributed by atoms with Gasteiger partial charge in [-0.1, -0.05) is 50.1 Å². The SMILES string of the molecule is CCCC[Si](C)(C)O[Si](C)(C)CCCOCCOC(=O)CCC(=O)OCCOC(=O)c1cc2ccc(N(C)C)cc2c2c1C=CC(c1ccc(N(C)C)cc1)(c1ccc(N(C)C)cc1)O2.